The van der Waals surface area contributed by atoms with Crippen molar-refractivity contribution in [1.82, 2.24) is 0 Å². The van der Waals surface area contributed by atoms with Crippen molar-refractivity contribution in [2.75, 3.05) is 0 Å². The van der Waals surface area contributed by atoms with Gasteiger partial charge in [-0.25, -0.2) is 0 Å². The van der Waals surface area contributed by atoms with E-state index in [0.29, 0.717) is 0 Å². The second-order valence-corrected chi connectivity index (χ2v) is 6.45. The molecule has 0 aromatic carbocycles. The molecule has 1 saturated carbocycles. The molecular weight excluding hydrogens is 220 g/mol. The van der Waals surface area contributed by atoms with Gasteiger partial charge in [-0.05, 0) is 25.2 Å². The monoisotopic (exact) mass is 254 g/mol. The highest BCUT2D eigenvalue weighted by molar-refractivity contribution is 4.62. The summed E-state index contributed by atoms with van der Waals surface area (Å²) in [4.78, 5) is 0. The third-order valence-electron chi connectivity index (χ3n) is 4.48. The second-order valence-electron chi connectivity index (χ2n) is 6.45. The van der Waals surface area contributed by atoms with Gasteiger partial charge in [0.15, 0.2) is 0 Å². The lowest BCUT2D eigenvalue weighted by molar-refractivity contribution is 0.141. The van der Waals surface area contributed by atoms with Crippen LogP contribution in [0.4, 0.5) is 0 Å². The fourth-order valence-corrected chi connectivity index (χ4v) is 3.05. The summed E-state index contributed by atoms with van der Waals surface area (Å²) < 4.78 is 0. The van der Waals surface area contributed by atoms with Crippen LogP contribution >= 0.6 is 0 Å². The van der Waals surface area contributed by atoms with Crippen LogP contribution in [-0.4, -0.2) is 11.2 Å². The maximum atomic E-state index is 9.94. The van der Waals surface area contributed by atoms with Gasteiger partial charge in [-0.2, -0.15) is 0 Å². The molecule has 0 spiro atoms. The fraction of sp³-hybridized carbons (Fsp3) is 1.00. The Morgan fingerprint density at radius 2 is 1.00 bits per heavy atom. The summed E-state index contributed by atoms with van der Waals surface area (Å²) >= 11 is 0. The van der Waals surface area contributed by atoms with E-state index < -0.39 is 0 Å². The Balaban J connectivity index is 2.19. The van der Waals surface area contributed by atoms with Crippen LogP contribution in [0.15, 0.2) is 0 Å². The molecule has 1 heteroatoms. The number of hydrogen-bond donors (Lipinski definition) is 1. The molecule has 0 aromatic rings. The molecule has 1 nitrogen and oxygen atoms in total. The van der Waals surface area contributed by atoms with Gasteiger partial charge in [-0.1, -0.05) is 77.6 Å². The van der Waals surface area contributed by atoms with Crippen molar-refractivity contribution in [3.05, 3.63) is 0 Å². The lowest BCUT2D eigenvalue weighted by Crippen LogP contribution is -2.09. The molecule has 2 atom stereocenters. The molecule has 0 saturated heterocycles. The van der Waals surface area contributed by atoms with Crippen molar-refractivity contribution < 1.29 is 5.11 Å². The van der Waals surface area contributed by atoms with Gasteiger partial charge in [-0.3, -0.25) is 0 Å². The number of aliphatic hydroxyl groups is 1. The Bertz CT molecular complexity index is 158. The van der Waals surface area contributed by atoms with Crippen molar-refractivity contribution in [2.24, 2.45) is 5.92 Å². The van der Waals surface area contributed by atoms with Gasteiger partial charge >= 0.3 is 0 Å². The minimum absolute atomic E-state index is 0.0274. The molecule has 1 N–H and O–H groups in total. The van der Waals surface area contributed by atoms with Gasteiger partial charge in [0.1, 0.15) is 0 Å². The second kappa shape index (κ2) is 10.8. The van der Waals surface area contributed by atoms with Crippen LogP contribution in [0, 0.1) is 5.92 Å². The molecule has 0 bridgehead atoms. The molecule has 1 aliphatic carbocycles. The van der Waals surface area contributed by atoms with E-state index in [2.05, 4.69) is 6.92 Å². The van der Waals surface area contributed by atoms with E-state index in [9.17, 15) is 5.11 Å². The first kappa shape index (κ1) is 16.0. The molecule has 108 valence electrons. The molecule has 1 fully saturated rings. The molecule has 0 heterocycles. The van der Waals surface area contributed by atoms with E-state index in [-0.39, 0.29) is 6.10 Å². The van der Waals surface area contributed by atoms with Crippen LogP contribution in [-0.2, 0) is 0 Å². The Kier molecular flexibility index (Phi) is 9.65. The fourth-order valence-electron chi connectivity index (χ4n) is 3.05. The Labute approximate surface area is 114 Å². The van der Waals surface area contributed by atoms with Crippen LogP contribution in [0.2, 0.25) is 0 Å². The summed E-state index contributed by atoms with van der Waals surface area (Å²) in [5, 5.41) is 9.94. The lowest BCUT2D eigenvalue weighted by Gasteiger charge is -2.15. The predicted molar refractivity (Wildman–Crippen MR) is 79.8 cm³/mol. The number of aliphatic hydroxyl groups excluding tert-OH is 1. The standard InChI is InChI=1S/C17H34O/c1-16-12-10-8-6-4-2-3-5-7-9-11-13-17(18)15-14-16/h16-18H,2-15H2,1H3. The minimum atomic E-state index is -0.0274. The zero-order valence-electron chi connectivity index (χ0n) is 12.5. The summed E-state index contributed by atoms with van der Waals surface area (Å²) in [7, 11) is 0. The third-order valence-corrected chi connectivity index (χ3v) is 4.48. The Morgan fingerprint density at radius 1 is 0.556 bits per heavy atom. The molecule has 1 rings (SSSR count). The van der Waals surface area contributed by atoms with Gasteiger partial charge in [0.25, 0.3) is 0 Å². The van der Waals surface area contributed by atoms with Gasteiger partial charge < -0.3 is 5.11 Å². The van der Waals surface area contributed by atoms with E-state index in [1.807, 2.05) is 0 Å². The maximum absolute atomic E-state index is 9.94. The highest BCUT2D eigenvalue weighted by Crippen LogP contribution is 2.20. The first-order chi connectivity index (χ1) is 8.79. The smallest absolute Gasteiger partial charge is 0.0540 e. The summed E-state index contributed by atoms with van der Waals surface area (Å²) in [5.74, 6) is 0.813. The third kappa shape index (κ3) is 8.97. The van der Waals surface area contributed by atoms with Crippen LogP contribution in [0.1, 0.15) is 96.8 Å². The van der Waals surface area contributed by atoms with Gasteiger partial charge in [0.2, 0.25) is 0 Å². The van der Waals surface area contributed by atoms with Crippen LogP contribution in [0.25, 0.3) is 0 Å². The Morgan fingerprint density at radius 3 is 1.56 bits per heavy atom. The van der Waals surface area contributed by atoms with Crippen LogP contribution in [0.3, 0.4) is 0 Å². The average molecular weight is 254 g/mol. The van der Waals surface area contributed by atoms with Gasteiger partial charge in [-0.15, -0.1) is 0 Å². The van der Waals surface area contributed by atoms with Crippen LogP contribution < -0.4 is 0 Å². The van der Waals surface area contributed by atoms with Crippen molar-refractivity contribution in [3.8, 4) is 0 Å². The number of rotatable bonds is 0. The average Bonchev–Trinajstić information content (AvgIpc) is 2.36. The van der Waals surface area contributed by atoms with Crippen molar-refractivity contribution in [1.29, 1.82) is 0 Å². The summed E-state index contributed by atoms with van der Waals surface area (Å²) in [5.41, 5.74) is 0. The van der Waals surface area contributed by atoms with Gasteiger partial charge in [0, 0.05) is 0 Å². The normalized spacial score (nSPS) is 31.0. The quantitative estimate of drug-likeness (QED) is 0.608. The largest absolute Gasteiger partial charge is 0.393 e. The first-order valence-corrected chi connectivity index (χ1v) is 8.47. The van der Waals surface area contributed by atoms with E-state index in [1.165, 1.54) is 77.0 Å². The minimum Gasteiger partial charge on any atom is -0.393 e. The van der Waals surface area contributed by atoms with E-state index in [1.54, 1.807) is 0 Å². The van der Waals surface area contributed by atoms with Crippen LogP contribution in [0.5, 0.6) is 0 Å². The molecule has 2 unspecified atom stereocenters. The summed E-state index contributed by atoms with van der Waals surface area (Å²) in [6, 6.07) is 0. The highest BCUT2D eigenvalue weighted by atomic mass is 16.3. The zero-order valence-corrected chi connectivity index (χ0v) is 12.5. The van der Waals surface area contributed by atoms with Gasteiger partial charge in [0.05, 0.1) is 6.10 Å². The zero-order chi connectivity index (χ0) is 13.1. The summed E-state index contributed by atoms with van der Waals surface area (Å²) in [6.07, 6.45) is 18.6. The molecular formula is C17H34O. The van der Waals surface area contributed by atoms with E-state index >= 15 is 0 Å². The molecule has 18 heavy (non-hydrogen) atoms. The predicted octanol–water partition coefficient (Wildman–Crippen LogP) is 5.46. The van der Waals surface area contributed by atoms with Crippen molar-refractivity contribution >= 4 is 0 Å². The molecule has 0 aliphatic heterocycles. The maximum Gasteiger partial charge on any atom is 0.0540 e. The molecule has 0 amide bonds. The van der Waals surface area contributed by atoms with Crippen molar-refractivity contribution in [3.63, 3.8) is 0 Å². The first-order valence-electron chi connectivity index (χ1n) is 8.47. The molecule has 0 aromatic heterocycles. The lowest BCUT2D eigenvalue weighted by atomic mass is 9.94. The van der Waals surface area contributed by atoms with Crippen molar-refractivity contribution in [2.45, 2.75) is 103 Å². The van der Waals surface area contributed by atoms with E-state index in [0.717, 1.165) is 18.8 Å². The SMILES string of the molecule is CC1CCCCCCCCCCCCC(O)CC1. The number of hydrogen-bond acceptors (Lipinski definition) is 1. The van der Waals surface area contributed by atoms with E-state index in [4.69, 9.17) is 0 Å². The summed E-state index contributed by atoms with van der Waals surface area (Å²) in [6.45, 7) is 2.36. The molecule has 0 radical (unpaired) electrons. The topological polar surface area (TPSA) is 20.2 Å². The highest BCUT2D eigenvalue weighted by Gasteiger charge is 2.08. The Hall–Kier alpha value is -0.0400. The molecule has 1 aliphatic rings.